The van der Waals surface area contributed by atoms with Gasteiger partial charge in [0.2, 0.25) is 5.91 Å². The largest absolute Gasteiger partial charge is 0.375 e. The van der Waals surface area contributed by atoms with Gasteiger partial charge in [0.15, 0.2) is 0 Å². The van der Waals surface area contributed by atoms with E-state index >= 15 is 0 Å². The molecule has 3 unspecified atom stereocenters. The van der Waals surface area contributed by atoms with E-state index in [1.54, 1.807) is 11.3 Å². The van der Waals surface area contributed by atoms with Gasteiger partial charge in [0.05, 0.1) is 11.6 Å². The maximum absolute atomic E-state index is 12.6. The minimum absolute atomic E-state index is 0.0186. The van der Waals surface area contributed by atoms with Gasteiger partial charge in [0.25, 0.3) is 0 Å². The fourth-order valence-corrected chi connectivity index (χ4v) is 4.32. The first-order chi connectivity index (χ1) is 9.87. The molecule has 3 heterocycles. The molecule has 2 saturated heterocycles. The minimum Gasteiger partial charge on any atom is -0.375 e. The second-order valence-electron chi connectivity index (χ2n) is 6.74. The van der Waals surface area contributed by atoms with E-state index < -0.39 is 0 Å². The highest BCUT2D eigenvalue weighted by molar-refractivity contribution is 7.12. The summed E-state index contributed by atoms with van der Waals surface area (Å²) in [6, 6.07) is 4.41. The van der Waals surface area contributed by atoms with Crippen LogP contribution in [0.3, 0.4) is 0 Å². The molecule has 3 rings (SSSR count). The van der Waals surface area contributed by atoms with Crippen molar-refractivity contribution in [3.05, 3.63) is 21.9 Å². The van der Waals surface area contributed by atoms with Crippen LogP contribution in [0.25, 0.3) is 0 Å². The number of carbonyl (C=O) groups excluding carboxylic acids is 1. The van der Waals surface area contributed by atoms with Crippen LogP contribution in [0.15, 0.2) is 12.1 Å². The van der Waals surface area contributed by atoms with Gasteiger partial charge < -0.3 is 9.64 Å². The number of carbonyl (C=O) groups is 1. The van der Waals surface area contributed by atoms with Gasteiger partial charge in [0.1, 0.15) is 6.17 Å². The van der Waals surface area contributed by atoms with Crippen molar-refractivity contribution in [2.24, 2.45) is 0 Å². The summed E-state index contributed by atoms with van der Waals surface area (Å²) in [6.07, 6.45) is 1.84. The summed E-state index contributed by atoms with van der Waals surface area (Å²) in [5, 5.41) is 3.45. The van der Waals surface area contributed by atoms with Gasteiger partial charge >= 0.3 is 0 Å². The van der Waals surface area contributed by atoms with Gasteiger partial charge in [-0.25, -0.2) is 0 Å². The Morgan fingerprint density at radius 1 is 1.43 bits per heavy atom. The fourth-order valence-electron chi connectivity index (χ4n) is 3.39. The molecule has 1 amide bonds. The molecule has 1 N–H and O–H groups in total. The lowest BCUT2D eigenvalue weighted by molar-refractivity contribution is -0.139. The van der Waals surface area contributed by atoms with Crippen LogP contribution in [0.2, 0.25) is 0 Å². The average Bonchev–Trinajstić information content (AvgIpc) is 2.94. The summed E-state index contributed by atoms with van der Waals surface area (Å²) in [6.45, 7) is 9.02. The highest BCUT2D eigenvalue weighted by Gasteiger charge is 2.44. The Morgan fingerprint density at radius 3 is 2.81 bits per heavy atom. The molecule has 21 heavy (non-hydrogen) atoms. The fraction of sp³-hybridized carbons (Fsp3) is 0.688. The molecule has 0 spiro atoms. The first-order valence-corrected chi connectivity index (χ1v) is 8.47. The number of nitrogens with one attached hydrogen (secondary N) is 1. The number of ether oxygens (including phenoxy) is 1. The van der Waals surface area contributed by atoms with Gasteiger partial charge in [-0.2, -0.15) is 0 Å². The molecule has 3 atom stereocenters. The third kappa shape index (κ3) is 2.87. The predicted octanol–water partition coefficient (Wildman–Crippen LogP) is 2.83. The first kappa shape index (κ1) is 15.0. The van der Waals surface area contributed by atoms with Gasteiger partial charge in [-0.3, -0.25) is 10.1 Å². The van der Waals surface area contributed by atoms with Gasteiger partial charge in [-0.05, 0) is 52.7 Å². The zero-order chi connectivity index (χ0) is 15.2. The summed E-state index contributed by atoms with van der Waals surface area (Å²) in [5.41, 5.74) is -0.148. The molecule has 0 radical (unpaired) electrons. The molecule has 2 fully saturated rings. The van der Waals surface area contributed by atoms with Crippen molar-refractivity contribution in [3.63, 3.8) is 0 Å². The van der Waals surface area contributed by atoms with Crippen molar-refractivity contribution in [1.82, 2.24) is 10.2 Å². The lowest BCUT2D eigenvalue weighted by atomic mass is 9.92. The summed E-state index contributed by atoms with van der Waals surface area (Å²) >= 11 is 1.77. The Kier molecular flexibility index (Phi) is 3.84. The number of aryl methyl sites for hydroxylation is 1. The molecule has 0 bridgehead atoms. The standard InChI is InChI=1S/C16H24N2O2S/c1-10-5-6-13(21-10)14-17-11(2)15(19)18(14)12-7-8-20-16(3,4)9-12/h5-6,11-12,14,17H,7-9H2,1-4H3. The van der Waals surface area contributed by atoms with Gasteiger partial charge in [0, 0.05) is 22.4 Å². The summed E-state index contributed by atoms with van der Waals surface area (Å²) < 4.78 is 5.81. The molecule has 1 aromatic rings. The van der Waals surface area contributed by atoms with E-state index in [4.69, 9.17) is 4.74 Å². The Morgan fingerprint density at radius 2 is 2.19 bits per heavy atom. The molecular weight excluding hydrogens is 284 g/mol. The molecule has 0 aliphatic carbocycles. The second-order valence-corrected chi connectivity index (χ2v) is 8.06. The quantitative estimate of drug-likeness (QED) is 0.913. The summed E-state index contributed by atoms with van der Waals surface area (Å²) in [7, 11) is 0. The Hall–Kier alpha value is -0.910. The van der Waals surface area contributed by atoms with Crippen LogP contribution in [-0.4, -0.2) is 35.1 Å². The topological polar surface area (TPSA) is 41.6 Å². The Balaban J connectivity index is 1.87. The summed E-state index contributed by atoms with van der Waals surface area (Å²) in [5.74, 6) is 0.216. The average molecular weight is 308 g/mol. The van der Waals surface area contributed by atoms with Crippen molar-refractivity contribution in [3.8, 4) is 0 Å². The number of rotatable bonds is 2. The van der Waals surface area contributed by atoms with Crippen LogP contribution in [0.1, 0.15) is 49.5 Å². The molecule has 5 heteroatoms. The van der Waals surface area contributed by atoms with Crippen molar-refractivity contribution < 1.29 is 9.53 Å². The number of amides is 1. The molecule has 0 saturated carbocycles. The smallest absolute Gasteiger partial charge is 0.241 e. The van der Waals surface area contributed by atoms with Crippen LogP contribution in [0.5, 0.6) is 0 Å². The zero-order valence-electron chi connectivity index (χ0n) is 13.2. The molecule has 2 aliphatic rings. The SMILES string of the molecule is Cc1ccc(C2NC(C)C(=O)N2C2CCOC(C)(C)C2)s1. The second kappa shape index (κ2) is 5.38. The molecule has 1 aromatic heterocycles. The first-order valence-electron chi connectivity index (χ1n) is 7.66. The van der Waals surface area contributed by atoms with Crippen molar-refractivity contribution in [2.75, 3.05) is 6.61 Å². The third-order valence-corrected chi connectivity index (χ3v) is 5.46. The maximum Gasteiger partial charge on any atom is 0.241 e. The zero-order valence-corrected chi connectivity index (χ0v) is 14.0. The molecule has 0 aromatic carbocycles. The maximum atomic E-state index is 12.6. The molecule has 2 aliphatic heterocycles. The third-order valence-electron chi connectivity index (χ3n) is 4.41. The monoisotopic (exact) mass is 308 g/mol. The highest BCUT2D eigenvalue weighted by Crippen LogP contribution is 2.37. The normalized spacial score (nSPS) is 32.7. The van der Waals surface area contributed by atoms with E-state index in [0.717, 1.165) is 19.4 Å². The van der Waals surface area contributed by atoms with E-state index in [1.807, 2.05) is 6.92 Å². The van der Waals surface area contributed by atoms with E-state index in [2.05, 4.69) is 43.1 Å². The van der Waals surface area contributed by atoms with Gasteiger partial charge in [-0.15, -0.1) is 11.3 Å². The number of hydrogen-bond acceptors (Lipinski definition) is 4. The van der Waals surface area contributed by atoms with E-state index in [9.17, 15) is 4.79 Å². The predicted molar refractivity (Wildman–Crippen MR) is 84.3 cm³/mol. The number of hydrogen-bond donors (Lipinski definition) is 1. The number of thiophene rings is 1. The Labute approximate surface area is 130 Å². The number of nitrogens with zero attached hydrogens (tertiary/aromatic N) is 1. The molecular formula is C16H24N2O2S. The van der Waals surface area contributed by atoms with Crippen LogP contribution in [0.4, 0.5) is 0 Å². The van der Waals surface area contributed by atoms with E-state index in [0.29, 0.717) is 0 Å². The van der Waals surface area contributed by atoms with E-state index in [-0.39, 0.29) is 29.8 Å². The summed E-state index contributed by atoms with van der Waals surface area (Å²) in [4.78, 5) is 17.2. The van der Waals surface area contributed by atoms with Crippen molar-refractivity contribution in [1.29, 1.82) is 0 Å². The van der Waals surface area contributed by atoms with Crippen molar-refractivity contribution in [2.45, 2.75) is 64.4 Å². The molecule has 116 valence electrons. The van der Waals surface area contributed by atoms with E-state index in [1.165, 1.54) is 9.75 Å². The van der Waals surface area contributed by atoms with Crippen LogP contribution in [0, 0.1) is 6.92 Å². The van der Waals surface area contributed by atoms with Gasteiger partial charge in [-0.1, -0.05) is 0 Å². The minimum atomic E-state index is -0.148. The van der Waals surface area contributed by atoms with Crippen LogP contribution < -0.4 is 5.32 Å². The lowest BCUT2D eigenvalue weighted by Gasteiger charge is -2.41. The van der Waals surface area contributed by atoms with Crippen LogP contribution in [-0.2, 0) is 9.53 Å². The van der Waals surface area contributed by atoms with Crippen molar-refractivity contribution >= 4 is 17.2 Å². The van der Waals surface area contributed by atoms with Crippen LogP contribution >= 0.6 is 11.3 Å². The Bertz CT molecular complexity index is 540. The lowest BCUT2D eigenvalue weighted by Crippen LogP contribution is -2.48. The highest BCUT2D eigenvalue weighted by atomic mass is 32.1. The molecule has 4 nitrogen and oxygen atoms in total.